The van der Waals surface area contributed by atoms with Gasteiger partial charge >= 0.3 is 0 Å². The molecule has 0 saturated carbocycles. The van der Waals surface area contributed by atoms with Gasteiger partial charge in [0.15, 0.2) is 0 Å². The van der Waals surface area contributed by atoms with Crippen LogP contribution in [0.5, 0.6) is 0 Å². The van der Waals surface area contributed by atoms with Crippen molar-refractivity contribution in [2.24, 2.45) is 0 Å². The number of hydrogen-bond donors (Lipinski definition) is 2. The number of amides is 1. The lowest BCUT2D eigenvalue weighted by molar-refractivity contribution is -0.121. The second kappa shape index (κ2) is 7.12. The molecule has 4 heteroatoms. The van der Waals surface area contributed by atoms with E-state index in [2.05, 4.69) is 17.6 Å². The first kappa shape index (κ1) is 11.9. The first-order valence-corrected chi connectivity index (χ1v) is 6.56. The fraction of sp³-hybridized carbons (Fsp3) is 0.900. The Kier molecular flexibility index (Phi) is 6.03. The van der Waals surface area contributed by atoms with Gasteiger partial charge in [-0.25, -0.2) is 0 Å². The summed E-state index contributed by atoms with van der Waals surface area (Å²) in [5, 5.41) is 6.30. The molecule has 0 aliphatic carbocycles. The van der Waals surface area contributed by atoms with Crippen molar-refractivity contribution in [2.45, 2.75) is 32.2 Å². The molecule has 0 spiro atoms. The second-order valence-corrected chi connectivity index (χ2v) is 4.78. The molecule has 1 aliphatic rings. The Labute approximate surface area is 90.4 Å². The predicted octanol–water partition coefficient (Wildman–Crippen LogP) is 0.998. The number of carbonyl (C=O) groups excluding carboxylic acids is 1. The van der Waals surface area contributed by atoms with E-state index >= 15 is 0 Å². The molecule has 82 valence electrons. The van der Waals surface area contributed by atoms with Crippen LogP contribution >= 0.6 is 11.8 Å². The van der Waals surface area contributed by atoms with Crippen LogP contribution < -0.4 is 10.6 Å². The lowest BCUT2D eigenvalue weighted by atomic mass is 10.2. The van der Waals surface area contributed by atoms with E-state index in [9.17, 15) is 4.79 Å². The fourth-order valence-corrected chi connectivity index (χ4v) is 2.40. The number of nitrogens with one attached hydrogen (secondary N) is 2. The standard InChI is InChI=1S/C10H20N2OS/c1-2-3-4-12-10(13)7-9-8-14-6-5-11-9/h9,11H,2-8H2,1H3,(H,12,13). The number of carbonyl (C=O) groups is 1. The molecule has 1 amide bonds. The van der Waals surface area contributed by atoms with Gasteiger partial charge in [0.1, 0.15) is 0 Å². The third kappa shape index (κ3) is 4.86. The molecule has 0 aromatic rings. The molecule has 1 heterocycles. The number of unbranched alkanes of at least 4 members (excludes halogenated alkanes) is 1. The maximum Gasteiger partial charge on any atom is 0.221 e. The zero-order valence-corrected chi connectivity index (χ0v) is 9.66. The first-order valence-electron chi connectivity index (χ1n) is 5.40. The summed E-state index contributed by atoms with van der Waals surface area (Å²) < 4.78 is 0. The zero-order chi connectivity index (χ0) is 10.2. The molecular formula is C10H20N2OS. The third-order valence-corrected chi connectivity index (χ3v) is 3.41. The molecule has 1 saturated heterocycles. The molecule has 0 bridgehead atoms. The van der Waals surface area contributed by atoms with Crippen LogP contribution in [0.1, 0.15) is 26.2 Å². The maximum absolute atomic E-state index is 11.4. The Hall–Kier alpha value is -0.220. The molecular weight excluding hydrogens is 196 g/mol. The zero-order valence-electron chi connectivity index (χ0n) is 8.84. The highest BCUT2D eigenvalue weighted by Gasteiger charge is 2.15. The van der Waals surface area contributed by atoms with Crippen LogP contribution in [-0.4, -0.2) is 36.5 Å². The minimum atomic E-state index is 0.193. The highest BCUT2D eigenvalue weighted by Crippen LogP contribution is 2.09. The Morgan fingerprint density at radius 2 is 2.50 bits per heavy atom. The predicted molar refractivity (Wildman–Crippen MR) is 61.7 cm³/mol. The van der Waals surface area contributed by atoms with Crippen LogP contribution in [0.4, 0.5) is 0 Å². The van der Waals surface area contributed by atoms with Gasteiger partial charge in [-0.1, -0.05) is 13.3 Å². The summed E-state index contributed by atoms with van der Waals surface area (Å²) >= 11 is 1.93. The van der Waals surface area contributed by atoms with E-state index < -0.39 is 0 Å². The van der Waals surface area contributed by atoms with E-state index in [1.54, 1.807) is 0 Å². The summed E-state index contributed by atoms with van der Waals surface area (Å²) in [6, 6.07) is 0.385. The lowest BCUT2D eigenvalue weighted by Gasteiger charge is -2.22. The molecule has 1 rings (SSSR count). The van der Waals surface area contributed by atoms with Crippen molar-refractivity contribution in [3.63, 3.8) is 0 Å². The summed E-state index contributed by atoms with van der Waals surface area (Å²) in [6.07, 6.45) is 2.85. The molecule has 1 fully saturated rings. The van der Waals surface area contributed by atoms with Crippen molar-refractivity contribution in [3.8, 4) is 0 Å². The van der Waals surface area contributed by atoms with E-state index in [1.807, 2.05) is 11.8 Å². The summed E-state index contributed by atoms with van der Waals surface area (Å²) in [5.41, 5.74) is 0. The van der Waals surface area contributed by atoms with Gasteiger partial charge in [-0.15, -0.1) is 0 Å². The SMILES string of the molecule is CCCCNC(=O)CC1CSCCN1. The Morgan fingerprint density at radius 3 is 3.14 bits per heavy atom. The number of rotatable bonds is 5. The van der Waals surface area contributed by atoms with Crippen LogP contribution in [0.25, 0.3) is 0 Å². The van der Waals surface area contributed by atoms with Gasteiger partial charge in [-0.3, -0.25) is 4.79 Å². The highest BCUT2D eigenvalue weighted by molar-refractivity contribution is 7.99. The summed E-state index contributed by atoms with van der Waals surface area (Å²) in [7, 11) is 0. The van der Waals surface area contributed by atoms with Crippen LogP contribution in [0.2, 0.25) is 0 Å². The van der Waals surface area contributed by atoms with Crippen molar-refractivity contribution in [1.82, 2.24) is 10.6 Å². The highest BCUT2D eigenvalue weighted by atomic mass is 32.2. The summed E-state index contributed by atoms with van der Waals surface area (Å²) in [4.78, 5) is 11.4. The smallest absolute Gasteiger partial charge is 0.221 e. The maximum atomic E-state index is 11.4. The molecule has 3 nitrogen and oxygen atoms in total. The van der Waals surface area contributed by atoms with Crippen LogP contribution in [-0.2, 0) is 4.79 Å². The van der Waals surface area contributed by atoms with Gasteiger partial charge in [-0.2, -0.15) is 11.8 Å². The monoisotopic (exact) mass is 216 g/mol. The average Bonchev–Trinajstić information content (AvgIpc) is 2.20. The first-order chi connectivity index (χ1) is 6.83. The fourth-order valence-electron chi connectivity index (χ4n) is 1.45. The molecule has 2 N–H and O–H groups in total. The average molecular weight is 216 g/mol. The quantitative estimate of drug-likeness (QED) is 0.674. The van der Waals surface area contributed by atoms with Gasteiger partial charge in [0.05, 0.1) is 0 Å². The lowest BCUT2D eigenvalue weighted by Crippen LogP contribution is -2.41. The van der Waals surface area contributed by atoms with E-state index in [4.69, 9.17) is 0 Å². The van der Waals surface area contributed by atoms with Crippen molar-refractivity contribution < 1.29 is 4.79 Å². The Bertz CT molecular complexity index is 170. The van der Waals surface area contributed by atoms with Crippen molar-refractivity contribution >= 4 is 17.7 Å². The van der Waals surface area contributed by atoms with Crippen molar-refractivity contribution in [3.05, 3.63) is 0 Å². The van der Waals surface area contributed by atoms with Crippen LogP contribution in [0.3, 0.4) is 0 Å². The van der Waals surface area contributed by atoms with Crippen LogP contribution in [0.15, 0.2) is 0 Å². The molecule has 0 aromatic heterocycles. The molecule has 0 aromatic carbocycles. The minimum absolute atomic E-state index is 0.193. The second-order valence-electron chi connectivity index (χ2n) is 3.63. The van der Waals surface area contributed by atoms with Gasteiger partial charge < -0.3 is 10.6 Å². The van der Waals surface area contributed by atoms with Gasteiger partial charge in [0.25, 0.3) is 0 Å². The van der Waals surface area contributed by atoms with Crippen molar-refractivity contribution in [2.75, 3.05) is 24.6 Å². The normalized spacial score (nSPS) is 21.9. The van der Waals surface area contributed by atoms with E-state index in [0.717, 1.165) is 31.7 Å². The number of thioether (sulfide) groups is 1. The topological polar surface area (TPSA) is 41.1 Å². The Balaban J connectivity index is 2.06. The summed E-state index contributed by atoms with van der Waals surface area (Å²) in [5.74, 6) is 2.44. The van der Waals surface area contributed by atoms with E-state index in [-0.39, 0.29) is 5.91 Å². The van der Waals surface area contributed by atoms with E-state index in [0.29, 0.717) is 12.5 Å². The largest absolute Gasteiger partial charge is 0.356 e. The molecule has 14 heavy (non-hydrogen) atoms. The van der Waals surface area contributed by atoms with Gasteiger partial charge in [0.2, 0.25) is 5.91 Å². The van der Waals surface area contributed by atoms with E-state index in [1.165, 1.54) is 5.75 Å². The molecule has 1 aliphatic heterocycles. The van der Waals surface area contributed by atoms with Gasteiger partial charge in [-0.05, 0) is 6.42 Å². The summed E-state index contributed by atoms with van der Waals surface area (Å²) in [6.45, 7) is 4.00. The molecule has 1 unspecified atom stereocenters. The third-order valence-electron chi connectivity index (χ3n) is 2.28. The molecule has 0 radical (unpaired) electrons. The van der Waals surface area contributed by atoms with Crippen LogP contribution in [0, 0.1) is 0 Å². The molecule has 1 atom stereocenters. The minimum Gasteiger partial charge on any atom is -0.356 e. The van der Waals surface area contributed by atoms with Gasteiger partial charge in [0, 0.05) is 37.1 Å². The van der Waals surface area contributed by atoms with Crippen molar-refractivity contribution in [1.29, 1.82) is 0 Å². The number of hydrogen-bond acceptors (Lipinski definition) is 3. The Morgan fingerprint density at radius 1 is 1.64 bits per heavy atom.